The smallest absolute Gasteiger partial charge is 0.259 e. The maximum absolute atomic E-state index is 12.6. The molecule has 0 aliphatic carbocycles. The van der Waals surface area contributed by atoms with Gasteiger partial charge in [-0.25, -0.2) is 15.0 Å². The molecular weight excluding hydrogens is 388 g/mol. The molecule has 1 aliphatic heterocycles. The summed E-state index contributed by atoms with van der Waals surface area (Å²) in [6.45, 7) is 2.28. The number of aromatic nitrogens is 4. The minimum atomic E-state index is -0.175. The van der Waals surface area contributed by atoms with Crippen LogP contribution in [0.4, 0.5) is 11.5 Å². The van der Waals surface area contributed by atoms with E-state index in [-0.39, 0.29) is 5.56 Å². The average Bonchev–Trinajstić information content (AvgIpc) is 2.81. The highest BCUT2D eigenvalue weighted by Gasteiger charge is 2.18. The van der Waals surface area contributed by atoms with Crippen molar-refractivity contribution in [2.75, 3.05) is 25.5 Å². The number of likely N-dealkylation sites (tertiary alicyclic amines) is 1. The van der Waals surface area contributed by atoms with Crippen molar-refractivity contribution >= 4 is 22.3 Å². The molecule has 156 valence electrons. The van der Waals surface area contributed by atoms with Crippen LogP contribution in [0.25, 0.3) is 22.0 Å². The van der Waals surface area contributed by atoms with Gasteiger partial charge >= 0.3 is 0 Å². The largest absolute Gasteiger partial charge is 0.340 e. The molecule has 0 radical (unpaired) electrons. The van der Waals surface area contributed by atoms with E-state index in [9.17, 15) is 4.79 Å². The number of nitrogens with zero attached hydrogens (tertiary/aromatic N) is 4. The van der Waals surface area contributed by atoms with E-state index >= 15 is 0 Å². The zero-order valence-corrected chi connectivity index (χ0v) is 17.4. The lowest BCUT2D eigenvalue weighted by Crippen LogP contribution is -2.29. The third-order valence-corrected chi connectivity index (χ3v) is 5.97. The zero-order chi connectivity index (χ0) is 21.2. The van der Waals surface area contributed by atoms with Crippen molar-refractivity contribution in [1.29, 1.82) is 0 Å². The summed E-state index contributed by atoms with van der Waals surface area (Å²) < 4.78 is 0. The molecule has 0 amide bonds. The fourth-order valence-corrected chi connectivity index (χ4v) is 4.20. The van der Waals surface area contributed by atoms with Gasteiger partial charge in [0.1, 0.15) is 12.1 Å². The second-order valence-electron chi connectivity index (χ2n) is 8.08. The van der Waals surface area contributed by atoms with Crippen molar-refractivity contribution in [3.8, 4) is 11.3 Å². The summed E-state index contributed by atoms with van der Waals surface area (Å²) in [6.07, 6.45) is 8.94. The number of hydrogen-bond acceptors (Lipinski definition) is 6. The standard InChI is InChI=1S/C24H24N6O/c1-30-10-7-17(8-11-30)16-2-4-20(5-3-16)28-23-22-18(6-9-27-24(22)31)12-21(29-23)19-13-25-15-26-14-19/h2-6,9,12-15,17H,7-8,10-11H2,1H3,(H,27,31)(H,28,29). The van der Waals surface area contributed by atoms with E-state index in [1.54, 1.807) is 18.6 Å². The number of rotatable bonds is 4. The van der Waals surface area contributed by atoms with Gasteiger partial charge in [0.15, 0.2) is 0 Å². The summed E-state index contributed by atoms with van der Waals surface area (Å²) in [6, 6.07) is 12.3. The first-order valence-electron chi connectivity index (χ1n) is 10.5. The number of pyridine rings is 2. The molecule has 0 spiro atoms. The molecule has 0 bridgehead atoms. The number of aromatic amines is 1. The van der Waals surface area contributed by atoms with E-state index in [2.05, 4.69) is 56.5 Å². The summed E-state index contributed by atoms with van der Waals surface area (Å²) in [5.41, 5.74) is 3.60. The Morgan fingerprint density at radius 2 is 1.81 bits per heavy atom. The van der Waals surface area contributed by atoms with Crippen LogP contribution in [0.3, 0.4) is 0 Å². The maximum atomic E-state index is 12.6. The molecule has 2 N–H and O–H groups in total. The minimum absolute atomic E-state index is 0.175. The summed E-state index contributed by atoms with van der Waals surface area (Å²) in [7, 11) is 2.18. The van der Waals surface area contributed by atoms with Gasteiger partial charge in [0.2, 0.25) is 0 Å². The Hall–Kier alpha value is -3.58. The Labute approximate surface area is 180 Å². The highest BCUT2D eigenvalue weighted by atomic mass is 16.1. The van der Waals surface area contributed by atoms with E-state index in [1.165, 1.54) is 24.7 Å². The summed E-state index contributed by atoms with van der Waals surface area (Å²) in [5, 5.41) is 4.69. The highest BCUT2D eigenvalue weighted by molar-refractivity contribution is 5.95. The highest BCUT2D eigenvalue weighted by Crippen LogP contribution is 2.30. The molecule has 7 nitrogen and oxygen atoms in total. The van der Waals surface area contributed by atoms with Crippen molar-refractivity contribution in [1.82, 2.24) is 24.8 Å². The molecular formula is C24H24N6O. The second-order valence-corrected chi connectivity index (χ2v) is 8.08. The first-order chi connectivity index (χ1) is 15.2. The lowest BCUT2D eigenvalue weighted by Gasteiger charge is -2.29. The van der Waals surface area contributed by atoms with Crippen LogP contribution >= 0.6 is 0 Å². The monoisotopic (exact) mass is 412 g/mol. The van der Waals surface area contributed by atoms with Crippen LogP contribution in [0.15, 0.2) is 66.1 Å². The molecule has 7 heteroatoms. The number of H-pyrrole nitrogens is 1. The van der Waals surface area contributed by atoms with Gasteiger partial charge in [0, 0.05) is 29.8 Å². The summed E-state index contributed by atoms with van der Waals surface area (Å²) >= 11 is 0. The molecule has 1 aromatic carbocycles. The number of piperidine rings is 1. The van der Waals surface area contributed by atoms with Crippen LogP contribution in [-0.4, -0.2) is 45.0 Å². The molecule has 1 aliphatic rings. The van der Waals surface area contributed by atoms with Gasteiger partial charge in [0.25, 0.3) is 5.56 Å². The topological polar surface area (TPSA) is 86.8 Å². The van der Waals surface area contributed by atoms with Crippen molar-refractivity contribution in [3.63, 3.8) is 0 Å². The molecule has 5 rings (SSSR count). The Morgan fingerprint density at radius 1 is 1.06 bits per heavy atom. The van der Waals surface area contributed by atoms with E-state index in [4.69, 9.17) is 4.98 Å². The van der Waals surface area contributed by atoms with Gasteiger partial charge in [-0.05, 0) is 74.1 Å². The third-order valence-electron chi connectivity index (χ3n) is 5.97. The van der Waals surface area contributed by atoms with Crippen LogP contribution in [0, 0.1) is 0 Å². The number of anilines is 2. The van der Waals surface area contributed by atoms with Crippen LogP contribution < -0.4 is 10.9 Å². The lowest BCUT2D eigenvalue weighted by atomic mass is 9.89. The molecule has 1 fully saturated rings. The number of hydrogen-bond donors (Lipinski definition) is 2. The fourth-order valence-electron chi connectivity index (χ4n) is 4.20. The molecule has 1 saturated heterocycles. The molecule has 4 heterocycles. The van der Waals surface area contributed by atoms with Crippen molar-refractivity contribution in [2.45, 2.75) is 18.8 Å². The van der Waals surface area contributed by atoms with Crippen molar-refractivity contribution < 1.29 is 0 Å². The molecule has 4 aromatic rings. The van der Waals surface area contributed by atoms with Crippen LogP contribution in [0.5, 0.6) is 0 Å². The van der Waals surface area contributed by atoms with Crippen LogP contribution in [-0.2, 0) is 0 Å². The SMILES string of the molecule is CN1CCC(c2ccc(Nc3nc(-c4cncnc4)cc4cc[nH]c(=O)c34)cc2)CC1. The van der Waals surface area contributed by atoms with Gasteiger partial charge in [-0.2, -0.15) is 0 Å². The fraction of sp³-hybridized carbons (Fsp3) is 0.250. The van der Waals surface area contributed by atoms with Crippen molar-refractivity contribution in [3.05, 3.63) is 77.2 Å². The first-order valence-corrected chi connectivity index (χ1v) is 10.5. The molecule has 0 saturated carbocycles. The van der Waals surface area contributed by atoms with Crippen LogP contribution in [0.2, 0.25) is 0 Å². The quantitative estimate of drug-likeness (QED) is 0.528. The number of benzene rings is 1. The van der Waals surface area contributed by atoms with E-state index < -0.39 is 0 Å². The predicted octanol–water partition coefficient (Wildman–Crippen LogP) is 3.93. The lowest BCUT2D eigenvalue weighted by molar-refractivity contribution is 0.255. The Bertz CT molecular complexity index is 1240. The predicted molar refractivity (Wildman–Crippen MR) is 123 cm³/mol. The van der Waals surface area contributed by atoms with Gasteiger partial charge in [-0.1, -0.05) is 12.1 Å². The summed E-state index contributed by atoms with van der Waals surface area (Å²) in [5.74, 6) is 1.12. The molecule has 0 unspecified atom stereocenters. The number of nitrogens with one attached hydrogen (secondary N) is 2. The maximum Gasteiger partial charge on any atom is 0.259 e. The zero-order valence-electron chi connectivity index (χ0n) is 17.4. The molecule has 3 aromatic heterocycles. The molecule has 0 atom stereocenters. The van der Waals surface area contributed by atoms with E-state index in [0.29, 0.717) is 22.8 Å². The van der Waals surface area contributed by atoms with Gasteiger partial charge in [-0.3, -0.25) is 4.79 Å². The molecule has 31 heavy (non-hydrogen) atoms. The van der Waals surface area contributed by atoms with Gasteiger partial charge in [0.05, 0.1) is 11.1 Å². The average molecular weight is 412 g/mol. The van der Waals surface area contributed by atoms with Gasteiger partial charge in [-0.15, -0.1) is 0 Å². The Kier molecular flexibility index (Phi) is 5.18. The van der Waals surface area contributed by atoms with E-state index in [0.717, 1.165) is 29.7 Å². The first kappa shape index (κ1) is 19.4. The van der Waals surface area contributed by atoms with Gasteiger partial charge < -0.3 is 15.2 Å². The van der Waals surface area contributed by atoms with Crippen LogP contribution in [0.1, 0.15) is 24.3 Å². The third kappa shape index (κ3) is 4.04. The van der Waals surface area contributed by atoms with Crippen molar-refractivity contribution in [2.24, 2.45) is 0 Å². The normalized spacial score (nSPS) is 15.3. The summed E-state index contributed by atoms with van der Waals surface area (Å²) in [4.78, 5) is 30.6. The number of fused-ring (bicyclic) bond motifs is 1. The minimum Gasteiger partial charge on any atom is -0.340 e. The Morgan fingerprint density at radius 3 is 2.55 bits per heavy atom. The Balaban J connectivity index is 1.49. The van der Waals surface area contributed by atoms with E-state index in [1.807, 2.05) is 12.1 Å². The second kappa shape index (κ2) is 8.28.